The molecule has 0 nitrogen and oxygen atoms in total. The van der Waals surface area contributed by atoms with Crippen LogP contribution in [-0.4, -0.2) is 4.75 Å². The van der Waals surface area contributed by atoms with Crippen LogP contribution in [0.2, 0.25) is 0 Å². The van der Waals surface area contributed by atoms with E-state index in [9.17, 15) is 0 Å². The zero-order valence-electron chi connectivity index (χ0n) is 4.99. The van der Waals surface area contributed by atoms with Gasteiger partial charge in [0, 0.05) is 4.75 Å². The van der Waals surface area contributed by atoms with Crippen molar-refractivity contribution in [2.45, 2.75) is 25.5 Å². The summed E-state index contributed by atoms with van der Waals surface area (Å²) in [6.07, 6.45) is 5.03. The van der Waals surface area contributed by atoms with Crippen LogP contribution in [0, 0.1) is 11.7 Å². The van der Waals surface area contributed by atoms with Crippen molar-refractivity contribution in [3.63, 3.8) is 0 Å². The van der Waals surface area contributed by atoms with Crippen LogP contribution in [-0.2, 0) is 0 Å². The predicted octanol–water partition coefficient (Wildman–Crippen LogP) is 2.11. The van der Waals surface area contributed by atoms with Crippen LogP contribution < -0.4 is 0 Å². The minimum absolute atomic E-state index is 0.231. The molecule has 0 amide bonds. The summed E-state index contributed by atoms with van der Waals surface area (Å²) in [5.41, 5.74) is 0. The number of hydrogen-bond acceptors (Lipinski definition) is 1. The van der Waals surface area contributed by atoms with Crippen LogP contribution in [0.25, 0.3) is 0 Å². The van der Waals surface area contributed by atoms with Gasteiger partial charge in [0.2, 0.25) is 0 Å². The molecular weight excluding hydrogens is 104 g/mol. The number of hydrogen-bond donors (Lipinski definition) is 0. The van der Waals surface area contributed by atoms with Gasteiger partial charge in [-0.2, -0.15) is 0 Å². The standard InChI is InChI=1S/C6H10S/c1-5-7-6(2,3)4/h1H,2-4H3. The van der Waals surface area contributed by atoms with E-state index in [1.54, 1.807) is 0 Å². The summed E-state index contributed by atoms with van der Waals surface area (Å²) >= 11 is 1.52. The summed E-state index contributed by atoms with van der Waals surface area (Å²) in [4.78, 5) is 0. The Hall–Kier alpha value is -0.0900. The van der Waals surface area contributed by atoms with E-state index in [0.29, 0.717) is 0 Å². The summed E-state index contributed by atoms with van der Waals surface area (Å²) in [6, 6.07) is 0. The van der Waals surface area contributed by atoms with Crippen molar-refractivity contribution in [2.75, 3.05) is 0 Å². The van der Waals surface area contributed by atoms with Crippen molar-refractivity contribution >= 4 is 11.8 Å². The third-order valence-electron chi connectivity index (χ3n) is 0.365. The lowest BCUT2D eigenvalue weighted by atomic mass is 10.3. The zero-order chi connectivity index (χ0) is 5.91. The molecule has 0 bridgehead atoms. The first kappa shape index (κ1) is 6.91. The second-order valence-electron chi connectivity index (χ2n) is 2.33. The predicted molar refractivity (Wildman–Crippen MR) is 36.2 cm³/mol. The van der Waals surface area contributed by atoms with E-state index in [2.05, 4.69) is 26.0 Å². The lowest BCUT2D eigenvalue weighted by molar-refractivity contribution is 0.808. The molecule has 0 fully saturated rings. The SMILES string of the molecule is C#CSC(C)(C)C. The molecule has 0 atom stereocenters. The molecule has 0 heterocycles. The van der Waals surface area contributed by atoms with Crippen molar-refractivity contribution in [3.8, 4) is 11.7 Å². The van der Waals surface area contributed by atoms with Gasteiger partial charge in [0.1, 0.15) is 0 Å². The quantitative estimate of drug-likeness (QED) is 0.435. The van der Waals surface area contributed by atoms with Gasteiger partial charge in [-0.15, -0.1) is 6.42 Å². The molecule has 0 spiro atoms. The number of thioether (sulfide) groups is 1. The monoisotopic (exact) mass is 114 g/mol. The Morgan fingerprint density at radius 3 is 1.86 bits per heavy atom. The summed E-state index contributed by atoms with van der Waals surface area (Å²) in [7, 11) is 0. The fourth-order valence-corrected chi connectivity index (χ4v) is 0.530. The van der Waals surface area contributed by atoms with E-state index < -0.39 is 0 Å². The highest BCUT2D eigenvalue weighted by Gasteiger charge is 2.06. The molecule has 0 rings (SSSR count). The number of terminal acetylenes is 1. The fourth-order valence-electron chi connectivity index (χ4n) is 0.177. The second kappa shape index (κ2) is 2.28. The van der Waals surface area contributed by atoms with E-state index in [1.807, 2.05) is 0 Å². The maximum Gasteiger partial charge on any atom is 0.0198 e. The average Bonchev–Trinajstić information content (AvgIpc) is 1.30. The molecule has 1 heteroatoms. The second-order valence-corrected chi connectivity index (χ2v) is 4.00. The Morgan fingerprint density at radius 2 is 1.86 bits per heavy atom. The van der Waals surface area contributed by atoms with Gasteiger partial charge in [0.25, 0.3) is 0 Å². The van der Waals surface area contributed by atoms with Crippen molar-refractivity contribution in [1.29, 1.82) is 0 Å². The lowest BCUT2D eigenvalue weighted by Crippen LogP contribution is -2.04. The molecule has 0 aromatic rings. The third-order valence-corrected chi connectivity index (χ3v) is 1.10. The summed E-state index contributed by atoms with van der Waals surface area (Å²) in [5, 5.41) is 2.52. The largest absolute Gasteiger partial charge is 0.108 e. The highest BCUT2D eigenvalue weighted by molar-refractivity contribution is 8.05. The summed E-state index contributed by atoms with van der Waals surface area (Å²) in [6.45, 7) is 6.28. The van der Waals surface area contributed by atoms with Crippen molar-refractivity contribution in [1.82, 2.24) is 0 Å². The summed E-state index contributed by atoms with van der Waals surface area (Å²) < 4.78 is 0.231. The van der Waals surface area contributed by atoms with E-state index in [-0.39, 0.29) is 4.75 Å². The molecule has 0 aliphatic carbocycles. The van der Waals surface area contributed by atoms with E-state index in [0.717, 1.165) is 0 Å². The molecule has 0 aliphatic heterocycles. The van der Waals surface area contributed by atoms with Gasteiger partial charge >= 0.3 is 0 Å². The van der Waals surface area contributed by atoms with Gasteiger partial charge in [-0.3, -0.25) is 0 Å². The molecular formula is C6H10S. The van der Waals surface area contributed by atoms with Crippen LogP contribution in [0.5, 0.6) is 0 Å². The molecule has 0 saturated heterocycles. The molecule has 0 N–H and O–H groups in total. The first-order valence-electron chi connectivity index (χ1n) is 2.20. The van der Waals surface area contributed by atoms with Crippen LogP contribution >= 0.6 is 11.8 Å². The molecule has 7 heavy (non-hydrogen) atoms. The average molecular weight is 114 g/mol. The van der Waals surface area contributed by atoms with E-state index in [4.69, 9.17) is 6.42 Å². The maximum atomic E-state index is 5.03. The highest BCUT2D eigenvalue weighted by Crippen LogP contribution is 2.20. The van der Waals surface area contributed by atoms with Gasteiger partial charge < -0.3 is 0 Å². The van der Waals surface area contributed by atoms with Gasteiger partial charge in [0.15, 0.2) is 0 Å². The molecule has 0 radical (unpaired) electrons. The molecule has 0 aromatic carbocycles. The van der Waals surface area contributed by atoms with E-state index in [1.165, 1.54) is 11.8 Å². The Kier molecular flexibility index (Phi) is 2.25. The topological polar surface area (TPSA) is 0 Å². The van der Waals surface area contributed by atoms with Crippen LogP contribution in [0.4, 0.5) is 0 Å². The van der Waals surface area contributed by atoms with Crippen LogP contribution in [0.1, 0.15) is 20.8 Å². The minimum Gasteiger partial charge on any atom is -0.108 e. The smallest absolute Gasteiger partial charge is 0.0198 e. The Bertz CT molecular complexity index is 81.3. The highest BCUT2D eigenvalue weighted by atomic mass is 32.2. The number of rotatable bonds is 0. The van der Waals surface area contributed by atoms with E-state index >= 15 is 0 Å². The Balaban J connectivity index is 3.40. The Labute approximate surface area is 49.7 Å². The Morgan fingerprint density at radius 1 is 1.43 bits per heavy atom. The third kappa shape index (κ3) is 5.91. The normalized spacial score (nSPS) is 10.6. The van der Waals surface area contributed by atoms with Crippen LogP contribution in [0.3, 0.4) is 0 Å². The van der Waals surface area contributed by atoms with Crippen molar-refractivity contribution in [3.05, 3.63) is 0 Å². The molecule has 0 aromatic heterocycles. The van der Waals surface area contributed by atoms with Crippen molar-refractivity contribution < 1.29 is 0 Å². The lowest BCUT2D eigenvalue weighted by Gasteiger charge is -2.10. The van der Waals surface area contributed by atoms with Crippen molar-refractivity contribution in [2.24, 2.45) is 0 Å². The fraction of sp³-hybridized carbons (Fsp3) is 0.667. The van der Waals surface area contributed by atoms with Gasteiger partial charge in [0.05, 0.1) is 0 Å². The molecule has 0 aliphatic rings. The molecule has 40 valence electrons. The first-order chi connectivity index (χ1) is 3.06. The van der Waals surface area contributed by atoms with Gasteiger partial charge in [-0.05, 0) is 5.25 Å². The molecule has 0 unspecified atom stereocenters. The zero-order valence-corrected chi connectivity index (χ0v) is 5.80. The summed E-state index contributed by atoms with van der Waals surface area (Å²) in [5.74, 6) is 0. The van der Waals surface area contributed by atoms with Gasteiger partial charge in [-0.1, -0.05) is 32.5 Å². The van der Waals surface area contributed by atoms with Crippen LogP contribution in [0.15, 0.2) is 0 Å². The minimum atomic E-state index is 0.231. The maximum absolute atomic E-state index is 5.03. The first-order valence-corrected chi connectivity index (χ1v) is 3.01. The van der Waals surface area contributed by atoms with Gasteiger partial charge in [-0.25, -0.2) is 0 Å². The molecule has 0 saturated carbocycles.